The van der Waals surface area contributed by atoms with Gasteiger partial charge in [-0.3, -0.25) is 0 Å². The van der Waals surface area contributed by atoms with Gasteiger partial charge in [0.2, 0.25) is 0 Å². The van der Waals surface area contributed by atoms with Crippen molar-refractivity contribution in [3.8, 4) is 0 Å². The molecule has 2 aromatic rings. The van der Waals surface area contributed by atoms with Crippen LogP contribution in [0.1, 0.15) is 26.3 Å². The summed E-state index contributed by atoms with van der Waals surface area (Å²) >= 11 is 1.76. The van der Waals surface area contributed by atoms with Crippen LogP contribution in [0.25, 0.3) is 0 Å². The molecule has 0 bridgehead atoms. The number of carbonyl (C=O) groups excluding carboxylic acids is 1. The maximum atomic E-state index is 12.4. The van der Waals surface area contributed by atoms with Crippen LogP contribution in [0.15, 0.2) is 63.3 Å². The predicted octanol–water partition coefficient (Wildman–Crippen LogP) is 4.78. The van der Waals surface area contributed by atoms with Crippen LogP contribution in [0.4, 0.5) is 10.5 Å². The number of amides is 1. The Morgan fingerprint density at radius 1 is 0.964 bits per heavy atom. The molecule has 0 spiro atoms. The van der Waals surface area contributed by atoms with E-state index < -0.39 is 5.60 Å². The molecule has 0 atom stereocenters. The molecule has 1 saturated heterocycles. The Hall–Kier alpha value is -2.47. The van der Waals surface area contributed by atoms with Crippen LogP contribution in [0.3, 0.4) is 0 Å². The maximum Gasteiger partial charge on any atom is 0.410 e. The second-order valence-electron chi connectivity index (χ2n) is 7.96. The summed E-state index contributed by atoms with van der Waals surface area (Å²) in [4.78, 5) is 23.8. The summed E-state index contributed by atoms with van der Waals surface area (Å²) in [6.45, 7) is 8.42. The van der Waals surface area contributed by atoms with Crippen molar-refractivity contribution in [2.45, 2.75) is 36.2 Å². The summed E-state index contributed by atoms with van der Waals surface area (Å²) < 4.78 is 5.52. The molecular formula is C22H25N3O2S. The van der Waals surface area contributed by atoms with Gasteiger partial charge in [0, 0.05) is 41.5 Å². The lowest BCUT2D eigenvalue weighted by Gasteiger charge is -2.37. The molecule has 0 radical (unpaired) electrons. The molecule has 0 aliphatic carbocycles. The Kier molecular flexibility index (Phi) is 5.06. The predicted molar refractivity (Wildman–Crippen MR) is 113 cm³/mol. The Bertz CT molecular complexity index is 912. The first-order valence-electron chi connectivity index (χ1n) is 9.58. The lowest BCUT2D eigenvalue weighted by Crippen LogP contribution is -2.51. The molecular weight excluding hydrogens is 370 g/mol. The minimum Gasteiger partial charge on any atom is -0.444 e. The van der Waals surface area contributed by atoms with Gasteiger partial charge in [0.1, 0.15) is 11.4 Å². The molecule has 0 unspecified atom stereocenters. The number of piperazine rings is 1. The molecule has 2 aliphatic rings. The Labute approximate surface area is 170 Å². The molecule has 0 saturated carbocycles. The highest BCUT2D eigenvalue weighted by Gasteiger charge is 2.29. The van der Waals surface area contributed by atoms with Gasteiger partial charge in [-0.2, -0.15) is 0 Å². The van der Waals surface area contributed by atoms with Gasteiger partial charge < -0.3 is 14.5 Å². The molecule has 4 rings (SSSR count). The average Bonchev–Trinajstić information content (AvgIpc) is 2.83. The molecule has 1 amide bonds. The first kappa shape index (κ1) is 18.9. The first-order chi connectivity index (χ1) is 13.4. The third-order valence-corrected chi connectivity index (χ3v) is 5.81. The lowest BCUT2D eigenvalue weighted by atomic mass is 10.1. The molecule has 2 heterocycles. The zero-order valence-electron chi connectivity index (χ0n) is 16.5. The van der Waals surface area contributed by atoms with Crippen LogP contribution in [0, 0.1) is 0 Å². The number of nitrogens with zero attached hydrogens (tertiary/aromatic N) is 3. The average molecular weight is 396 g/mol. The molecule has 0 aromatic heterocycles. The summed E-state index contributed by atoms with van der Waals surface area (Å²) in [6.07, 6.45) is -0.240. The van der Waals surface area contributed by atoms with E-state index in [4.69, 9.17) is 9.73 Å². The van der Waals surface area contributed by atoms with Crippen molar-refractivity contribution in [2.24, 2.45) is 4.99 Å². The Balaban J connectivity index is 1.57. The van der Waals surface area contributed by atoms with E-state index in [9.17, 15) is 4.79 Å². The van der Waals surface area contributed by atoms with Crippen LogP contribution in [0.2, 0.25) is 0 Å². The molecule has 1 fully saturated rings. The van der Waals surface area contributed by atoms with Gasteiger partial charge in [0.25, 0.3) is 0 Å². The number of aliphatic imine (C=N–C) groups is 1. The van der Waals surface area contributed by atoms with Gasteiger partial charge in [-0.1, -0.05) is 42.1 Å². The fourth-order valence-corrected chi connectivity index (χ4v) is 4.36. The number of amidine groups is 1. The normalized spacial score (nSPS) is 16.6. The summed E-state index contributed by atoms with van der Waals surface area (Å²) in [6, 6.07) is 16.7. The van der Waals surface area contributed by atoms with E-state index in [0.717, 1.165) is 35.1 Å². The van der Waals surface area contributed by atoms with Gasteiger partial charge in [0.05, 0.1) is 5.69 Å². The first-order valence-corrected chi connectivity index (χ1v) is 10.4. The number of carbonyl (C=O) groups is 1. The van der Waals surface area contributed by atoms with Crippen LogP contribution in [0.5, 0.6) is 0 Å². The molecule has 28 heavy (non-hydrogen) atoms. The fourth-order valence-electron chi connectivity index (χ4n) is 3.34. The quantitative estimate of drug-likeness (QED) is 0.644. The molecule has 5 nitrogen and oxygen atoms in total. The Morgan fingerprint density at radius 3 is 2.32 bits per heavy atom. The highest BCUT2D eigenvalue weighted by molar-refractivity contribution is 7.99. The van der Waals surface area contributed by atoms with Crippen molar-refractivity contribution in [1.82, 2.24) is 9.80 Å². The summed E-state index contributed by atoms with van der Waals surface area (Å²) in [5.74, 6) is 0.983. The van der Waals surface area contributed by atoms with Crippen molar-refractivity contribution < 1.29 is 9.53 Å². The third-order valence-electron chi connectivity index (χ3n) is 4.67. The van der Waals surface area contributed by atoms with Gasteiger partial charge in [-0.25, -0.2) is 9.79 Å². The summed E-state index contributed by atoms with van der Waals surface area (Å²) in [5, 5.41) is 0. The van der Waals surface area contributed by atoms with E-state index in [1.54, 1.807) is 16.7 Å². The largest absolute Gasteiger partial charge is 0.444 e. The highest BCUT2D eigenvalue weighted by atomic mass is 32.2. The van der Waals surface area contributed by atoms with Crippen LogP contribution >= 0.6 is 11.8 Å². The fraction of sp³-hybridized carbons (Fsp3) is 0.364. The van der Waals surface area contributed by atoms with Crippen molar-refractivity contribution in [3.63, 3.8) is 0 Å². The van der Waals surface area contributed by atoms with Gasteiger partial charge in [-0.15, -0.1) is 0 Å². The van der Waals surface area contributed by atoms with Crippen LogP contribution in [-0.4, -0.2) is 53.5 Å². The van der Waals surface area contributed by atoms with E-state index in [0.29, 0.717) is 13.1 Å². The zero-order valence-corrected chi connectivity index (χ0v) is 17.3. The van der Waals surface area contributed by atoms with Crippen molar-refractivity contribution in [2.75, 3.05) is 26.2 Å². The van der Waals surface area contributed by atoms with Gasteiger partial charge >= 0.3 is 6.09 Å². The van der Waals surface area contributed by atoms with Crippen LogP contribution in [-0.2, 0) is 4.74 Å². The third kappa shape index (κ3) is 4.02. The van der Waals surface area contributed by atoms with Crippen molar-refractivity contribution in [1.29, 1.82) is 0 Å². The lowest BCUT2D eigenvalue weighted by molar-refractivity contribution is 0.0187. The van der Waals surface area contributed by atoms with Gasteiger partial charge in [-0.05, 0) is 39.0 Å². The van der Waals surface area contributed by atoms with E-state index in [2.05, 4.69) is 47.4 Å². The topological polar surface area (TPSA) is 45.1 Å². The number of hydrogen-bond acceptors (Lipinski definition) is 5. The molecule has 146 valence electrons. The van der Waals surface area contributed by atoms with Crippen molar-refractivity contribution in [3.05, 3.63) is 54.1 Å². The minimum atomic E-state index is -0.473. The smallest absolute Gasteiger partial charge is 0.410 e. The number of ether oxygens (including phenoxy) is 1. The molecule has 2 aromatic carbocycles. The highest BCUT2D eigenvalue weighted by Crippen LogP contribution is 2.40. The second-order valence-corrected chi connectivity index (χ2v) is 9.04. The standard InChI is InChI=1S/C22H25N3O2S/c1-22(2,3)27-21(26)25-14-12-24(13-15-25)20-16-8-4-6-10-18(16)28-19-11-7-5-9-17(19)23-20/h4-11H,12-15H2,1-3H3. The SMILES string of the molecule is CC(C)(C)OC(=O)N1CCN(C2=Nc3ccccc3Sc3ccccc32)CC1. The van der Waals surface area contributed by atoms with E-state index >= 15 is 0 Å². The van der Waals surface area contributed by atoms with Crippen LogP contribution < -0.4 is 0 Å². The monoisotopic (exact) mass is 395 g/mol. The maximum absolute atomic E-state index is 12.4. The zero-order chi connectivity index (χ0) is 19.7. The molecule has 0 N–H and O–H groups in total. The Morgan fingerprint density at radius 2 is 1.61 bits per heavy atom. The van der Waals surface area contributed by atoms with E-state index in [1.807, 2.05) is 26.8 Å². The number of hydrogen-bond donors (Lipinski definition) is 0. The number of para-hydroxylation sites is 1. The minimum absolute atomic E-state index is 0.240. The molecule has 6 heteroatoms. The summed E-state index contributed by atoms with van der Waals surface area (Å²) in [7, 11) is 0. The van der Waals surface area contributed by atoms with Crippen molar-refractivity contribution >= 4 is 29.4 Å². The van der Waals surface area contributed by atoms with E-state index in [-0.39, 0.29) is 6.09 Å². The number of benzene rings is 2. The number of fused-ring (bicyclic) bond motifs is 2. The van der Waals surface area contributed by atoms with Gasteiger partial charge in [0.15, 0.2) is 0 Å². The number of rotatable bonds is 0. The van der Waals surface area contributed by atoms with E-state index in [1.165, 1.54) is 4.90 Å². The molecule has 2 aliphatic heterocycles. The second kappa shape index (κ2) is 7.51. The summed E-state index contributed by atoms with van der Waals surface area (Å²) in [5.41, 5.74) is 1.67.